The first-order valence-corrected chi connectivity index (χ1v) is 7.80. The molecule has 0 amide bonds. The summed E-state index contributed by atoms with van der Waals surface area (Å²) in [5.74, 6) is 1.08. The van der Waals surface area contributed by atoms with E-state index in [-0.39, 0.29) is 0 Å². The molecule has 0 spiro atoms. The third kappa shape index (κ3) is 4.50. The first kappa shape index (κ1) is 15.3. The van der Waals surface area contributed by atoms with Gasteiger partial charge >= 0.3 is 0 Å². The van der Waals surface area contributed by atoms with Crippen molar-refractivity contribution in [3.63, 3.8) is 0 Å². The predicted octanol–water partition coefficient (Wildman–Crippen LogP) is 2.96. The lowest BCUT2D eigenvalue weighted by atomic mass is 10.0. The fourth-order valence-corrected chi connectivity index (χ4v) is 2.69. The lowest BCUT2D eigenvalue weighted by Gasteiger charge is -2.18. The number of rotatable bonds is 9. The summed E-state index contributed by atoms with van der Waals surface area (Å²) in [7, 11) is 1.78. The molecule has 3 heteroatoms. The summed E-state index contributed by atoms with van der Waals surface area (Å²) in [4.78, 5) is 0. The number of aryl methyl sites for hydroxylation is 1. The van der Waals surface area contributed by atoms with Gasteiger partial charge in [-0.2, -0.15) is 0 Å². The second-order valence-electron chi connectivity index (χ2n) is 5.51. The molecule has 1 aromatic rings. The van der Waals surface area contributed by atoms with Crippen LogP contribution in [0.3, 0.4) is 0 Å². The lowest BCUT2D eigenvalue weighted by molar-refractivity contribution is 0.181. The van der Waals surface area contributed by atoms with Crippen molar-refractivity contribution in [2.24, 2.45) is 0 Å². The summed E-state index contributed by atoms with van der Waals surface area (Å²) >= 11 is 0. The molecule has 1 aliphatic rings. The molecule has 0 bridgehead atoms. The van der Waals surface area contributed by atoms with E-state index < -0.39 is 0 Å². The van der Waals surface area contributed by atoms with Crippen LogP contribution in [0.4, 0.5) is 0 Å². The standard InChI is InChI=1S/C17H27NO2/c1-3-10-18-16(9-11-19-2)6-4-14-5-7-17-15(13-14)8-12-20-17/h5,7,13,16,18H,3-4,6,8-12H2,1-2H3. The van der Waals surface area contributed by atoms with Gasteiger partial charge in [-0.15, -0.1) is 0 Å². The Balaban J connectivity index is 1.84. The number of fused-ring (bicyclic) bond motifs is 1. The molecule has 1 N–H and O–H groups in total. The average molecular weight is 277 g/mol. The molecule has 20 heavy (non-hydrogen) atoms. The molecule has 1 aliphatic heterocycles. The summed E-state index contributed by atoms with van der Waals surface area (Å²) in [5.41, 5.74) is 2.80. The largest absolute Gasteiger partial charge is 0.493 e. The fraction of sp³-hybridized carbons (Fsp3) is 0.647. The predicted molar refractivity (Wildman–Crippen MR) is 82.5 cm³/mol. The number of methoxy groups -OCH3 is 1. The summed E-state index contributed by atoms with van der Waals surface area (Å²) < 4.78 is 10.8. The molecule has 2 rings (SSSR count). The zero-order chi connectivity index (χ0) is 14.2. The zero-order valence-electron chi connectivity index (χ0n) is 12.8. The molecular formula is C17H27NO2. The van der Waals surface area contributed by atoms with Crippen LogP contribution in [0.1, 0.15) is 37.3 Å². The molecule has 0 aromatic heterocycles. The van der Waals surface area contributed by atoms with E-state index in [1.165, 1.54) is 24.0 Å². The first-order chi connectivity index (χ1) is 9.83. The van der Waals surface area contributed by atoms with Gasteiger partial charge in [0.2, 0.25) is 0 Å². The summed E-state index contributed by atoms with van der Waals surface area (Å²) in [6.07, 6.45) is 5.62. The molecule has 112 valence electrons. The van der Waals surface area contributed by atoms with Gasteiger partial charge in [-0.05, 0) is 49.4 Å². The molecule has 0 aliphatic carbocycles. The van der Waals surface area contributed by atoms with Gasteiger partial charge in [-0.3, -0.25) is 0 Å². The van der Waals surface area contributed by atoms with E-state index in [4.69, 9.17) is 9.47 Å². The molecule has 1 heterocycles. The van der Waals surface area contributed by atoms with Crippen LogP contribution in [0.25, 0.3) is 0 Å². The van der Waals surface area contributed by atoms with Gasteiger partial charge in [0, 0.05) is 26.2 Å². The van der Waals surface area contributed by atoms with E-state index in [0.29, 0.717) is 6.04 Å². The Labute approximate surface area is 122 Å². The van der Waals surface area contributed by atoms with Crippen molar-refractivity contribution >= 4 is 0 Å². The molecule has 1 atom stereocenters. The van der Waals surface area contributed by atoms with Crippen LogP contribution in [0.5, 0.6) is 5.75 Å². The van der Waals surface area contributed by atoms with Crippen LogP contribution in [0.15, 0.2) is 18.2 Å². The van der Waals surface area contributed by atoms with Crippen LogP contribution < -0.4 is 10.1 Å². The maximum atomic E-state index is 5.56. The normalized spacial score (nSPS) is 14.9. The van der Waals surface area contributed by atoms with E-state index in [2.05, 4.69) is 30.4 Å². The summed E-state index contributed by atoms with van der Waals surface area (Å²) in [6.45, 7) is 4.97. The van der Waals surface area contributed by atoms with Crippen LogP contribution >= 0.6 is 0 Å². The van der Waals surface area contributed by atoms with Crippen molar-refractivity contribution in [1.29, 1.82) is 0 Å². The van der Waals surface area contributed by atoms with Crippen molar-refractivity contribution in [2.45, 2.75) is 45.1 Å². The highest BCUT2D eigenvalue weighted by atomic mass is 16.5. The van der Waals surface area contributed by atoms with E-state index in [1.807, 2.05) is 0 Å². The molecule has 0 radical (unpaired) electrons. The van der Waals surface area contributed by atoms with E-state index in [9.17, 15) is 0 Å². The fourth-order valence-electron chi connectivity index (χ4n) is 2.69. The summed E-state index contributed by atoms with van der Waals surface area (Å²) in [5, 5.41) is 3.62. The third-order valence-electron chi connectivity index (χ3n) is 3.89. The first-order valence-electron chi connectivity index (χ1n) is 7.80. The zero-order valence-corrected chi connectivity index (χ0v) is 12.8. The molecule has 1 aromatic carbocycles. The minimum absolute atomic E-state index is 0.555. The Morgan fingerprint density at radius 2 is 2.25 bits per heavy atom. The topological polar surface area (TPSA) is 30.5 Å². The molecular weight excluding hydrogens is 250 g/mol. The Morgan fingerprint density at radius 3 is 3.05 bits per heavy atom. The van der Waals surface area contributed by atoms with E-state index >= 15 is 0 Å². The maximum absolute atomic E-state index is 5.56. The molecule has 3 nitrogen and oxygen atoms in total. The minimum Gasteiger partial charge on any atom is -0.493 e. The maximum Gasteiger partial charge on any atom is 0.122 e. The number of benzene rings is 1. The van der Waals surface area contributed by atoms with Crippen molar-refractivity contribution in [2.75, 3.05) is 26.9 Å². The van der Waals surface area contributed by atoms with Gasteiger partial charge in [0.25, 0.3) is 0 Å². The smallest absolute Gasteiger partial charge is 0.122 e. The highest BCUT2D eigenvalue weighted by Crippen LogP contribution is 2.26. The number of hydrogen-bond acceptors (Lipinski definition) is 3. The third-order valence-corrected chi connectivity index (χ3v) is 3.89. The second-order valence-corrected chi connectivity index (χ2v) is 5.51. The number of nitrogens with one attached hydrogen (secondary N) is 1. The van der Waals surface area contributed by atoms with Crippen molar-refractivity contribution < 1.29 is 9.47 Å². The Morgan fingerprint density at radius 1 is 1.35 bits per heavy atom. The van der Waals surface area contributed by atoms with Crippen LogP contribution in [-0.4, -0.2) is 32.9 Å². The van der Waals surface area contributed by atoms with Crippen LogP contribution in [-0.2, 0) is 17.6 Å². The summed E-state index contributed by atoms with van der Waals surface area (Å²) in [6, 6.07) is 7.20. The van der Waals surface area contributed by atoms with Gasteiger partial charge in [-0.25, -0.2) is 0 Å². The monoisotopic (exact) mass is 277 g/mol. The van der Waals surface area contributed by atoms with E-state index in [1.54, 1.807) is 7.11 Å². The van der Waals surface area contributed by atoms with Gasteiger partial charge in [0.05, 0.1) is 6.61 Å². The highest BCUT2D eigenvalue weighted by molar-refractivity contribution is 5.39. The van der Waals surface area contributed by atoms with Crippen LogP contribution in [0.2, 0.25) is 0 Å². The van der Waals surface area contributed by atoms with Gasteiger partial charge in [0.15, 0.2) is 0 Å². The average Bonchev–Trinajstić information content (AvgIpc) is 2.94. The van der Waals surface area contributed by atoms with Gasteiger partial charge < -0.3 is 14.8 Å². The number of hydrogen-bond donors (Lipinski definition) is 1. The molecule has 0 saturated carbocycles. The van der Waals surface area contributed by atoms with Gasteiger partial charge in [-0.1, -0.05) is 19.1 Å². The second kappa shape index (κ2) is 8.28. The molecule has 0 saturated heterocycles. The molecule has 1 unspecified atom stereocenters. The van der Waals surface area contributed by atoms with Crippen molar-refractivity contribution in [3.8, 4) is 5.75 Å². The van der Waals surface area contributed by atoms with Gasteiger partial charge in [0.1, 0.15) is 5.75 Å². The van der Waals surface area contributed by atoms with Crippen molar-refractivity contribution in [3.05, 3.63) is 29.3 Å². The number of ether oxygens (including phenoxy) is 2. The SMILES string of the molecule is CCCNC(CCOC)CCc1ccc2c(c1)CCO2. The Kier molecular flexibility index (Phi) is 6.34. The quantitative estimate of drug-likeness (QED) is 0.753. The highest BCUT2D eigenvalue weighted by Gasteiger charge is 2.13. The lowest BCUT2D eigenvalue weighted by Crippen LogP contribution is -2.31. The van der Waals surface area contributed by atoms with Crippen LogP contribution in [0, 0.1) is 0 Å². The van der Waals surface area contributed by atoms with E-state index in [0.717, 1.165) is 44.8 Å². The Bertz CT molecular complexity index is 398. The molecule has 0 fully saturated rings. The minimum atomic E-state index is 0.555. The Hall–Kier alpha value is -1.06. The van der Waals surface area contributed by atoms with Crippen molar-refractivity contribution in [1.82, 2.24) is 5.32 Å².